The zero-order chi connectivity index (χ0) is 15.3. The van der Waals surface area contributed by atoms with Crippen molar-refractivity contribution in [3.63, 3.8) is 0 Å². The summed E-state index contributed by atoms with van der Waals surface area (Å²) in [4.78, 5) is 14.0. The van der Waals surface area contributed by atoms with Crippen molar-refractivity contribution in [2.45, 2.75) is 57.2 Å². The van der Waals surface area contributed by atoms with E-state index in [9.17, 15) is 18.0 Å². The monoisotopic (exact) mass is 305 g/mol. The first kappa shape index (κ1) is 15.1. The summed E-state index contributed by atoms with van der Waals surface area (Å²) in [6, 6.07) is 0. The van der Waals surface area contributed by atoms with Gasteiger partial charge in [-0.2, -0.15) is 13.2 Å². The molecule has 3 aliphatic rings. The molecule has 2 aliphatic heterocycles. The summed E-state index contributed by atoms with van der Waals surface area (Å²) in [5, 5.41) is 0. The van der Waals surface area contributed by atoms with Crippen LogP contribution in [0.5, 0.6) is 0 Å². The molecular weight excluding hydrogens is 283 g/mol. The molecule has 1 unspecified atom stereocenters. The summed E-state index contributed by atoms with van der Waals surface area (Å²) in [6.45, 7) is 3.25. The Bertz CT molecular complexity index is 425. The molecule has 0 aromatic heterocycles. The van der Waals surface area contributed by atoms with Crippen molar-refractivity contribution in [2.24, 2.45) is 11.3 Å². The molecular formula is C15H22F3NO2. The minimum Gasteiger partial charge on any atom is -0.369 e. The number of carbonyl (C=O) groups is 1. The van der Waals surface area contributed by atoms with Gasteiger partial charge in [-0.3, -0.25) is 4.79 Å². The molecule has 0 radical (unpaired) electrons. The molecule has 3 fully saturated rings. The highest BCUT2D eigenvalue weighted by molar-refractivity contribution is 5.78. The van der Waals surface area contributed by atoms with Gasteiger partial charge in [-0.25, -0.2) is 0 Å². The highest BCUT2D eigenvalue weighted by Gasteiger charge is 2.64. The molecule has 3 rings (SSSR count). The minimum absolute atomic E-state index is 0.00113. The SMILES string of the molecule is C[C@H](CC(F)(F)F)C(=O)N1CCC2(CO2)C2(CCCC2)C1. The van der Waals surface area contributed by atoms with E-state index < -0.39 is 18.5 Å². The lowest BCUT2D eigenvalue weighted by atomic mass is 9.69. The predicted molar refractivity (Wildman–Crippen MR) is 70.6 cm³/mol. The second-order valence-electron chi connectivity index (χ2n) is 7.00. The van der Waals surface area contributed by atoms with E-state index in [0.717, 1.165) is 38.7 Å². The molecule has 0 N–H and O–H groups in total. The second kappa shape index (κ2) is 4.86. The van der Waals surface area contributed by atoms with Crippen molar-refractivity contribution >= 4 is 5.91 Å². The Hall–Kier alpha value is -0.780. The average Bonchev–Trinajstić information content (AvgIpc) is 3.03. The molecule has 0 aromatic carbocycles. The lowest BCUT2D eigenvalue weighted by Crippen LogP contribution is -2.55. The summed E-state index contributed by atoms with van der Waals surface area (Å²) in [7, 11) is 0. The number of halogens is 3. The van der Waals surface area contributed by atoms with E-state index >= 15 is 0 Å². The van der Waals surface area contributed by atoms with Crippen LogP contribution in [0, 0.1) is 11.3 Å². The molecule has 2 spiro atoms. The summed E-state index contributed by atoms with van der Waals surface area (Å²) in [5.74, 6) is -1.34. The van der Waals surface area contributed by atoms with E-state index in [1.54, 1.807) is 4.90 Å². The van der Waals surface area contributed by atoms with E-state index in [4.69, 9.17) is 4.74 Å². The molecule has 1 amide bonds. The van der Waals surface area contributed by atoms with Crippen molar-refractivity contribution in [2.75, 3.05) is 19.7 Å². The lowest BCUT2D eigenvalue weighted by molar-refractivity contribution is -0.161. The number of hydrogen-bond acceptors (Lipinski definition) is 2. The fraction of sp³-hybridized carbons (Fsp3) is 0.933. The molecule has 2 atom stereocenters. The smallest absolute Gasteiger partial charge is 0.369 e. The van der Waals surface area contributed by atoms with Crippen LogP contribution in [0.2, 0.25) is 0 Å². The first-order chi connectivity index (χ1) is 9.77. The van der Waals surface area contributed by atoms with Crippen LogP contribution < -0.4 is 0 Å². The quantitative estimate of drug-likeness (QED) is 0.734. The van der Waals surface area contributed by atoms with Crippen molar-refractivity contribution in [1.29, 1.82) is 0 Å². The number of epoxide rings is 1. The van der Waals surface area contributed by atoms with Crippen LogP contribution in [0.25, 0.3) is 0 Å². The van der Waals surface area contributed by atoms with Crippen LogP contribution in [-0.4, -0.2) is 42.3 Å². The lowest BCUT2D eigenvalue weighted by Gasteiger charge is -2.46. The normalized spacial score (nSPS) is 32.7. The van der Waals surface area contributed by atoms with E-state index in [1.165, 1.54) is 6.92 Å². The first-order valence-corrected chi connectivity index (χ1v) is 7.77. The molecule has 1 aliphatic carbocycles. The third kappa shape index (κ3) is 2.67. The molecule has 2 heterocycles. The van der Waals surface area contributed by atoms with Gasteiger partial charge in [0.25, 0.3) is 0 Å². The van der Waals surface area contributed by atoms with E-state index in [1.807, 2.05) is 0 Å². The topological polar surface area (TPSA) is 32.8 Å². The number of amides is 1. The van der Waals surface area contributed by atoms with Gasteiger partial charge >= 0.3 is 6.18 Å². The van der Waals surface area contributed by atoms with Crippen LogP contribution in [0.4, 0.5) is 13.2 Å². The van der Waals surface area contributed by atoms with Crippen molar-refractivity contribution < 1.29 is 22.7 Å². The average molecular weight is 305 g/mol. The number of alkyl halides is 3. The maximum atomic E-state index is 12.5. The van der Waals surface area contributed by atoms with E-state index in [0.29, 0.717) is 13.1 Å². The third-order valence-electron chi connectivity index (χ3n) is 5.57. The van der Waals surface area contributed by atoms with Crippen LogP contribution in [0.15, 0.2) is 0 Å². The van der Waals surface area contributed by atoms with E-state index in [-0.39, 0.29) is 16.9 Å². The van der Waals surface area contributed by atoms with E-state index in [2.05, 4.69) is 0 Å². The van der Waals surface area contributed by atoms with Gasteiger partial charge in [-0.15, -0.1) is 0 Å². The molecule has 21 heavy (non-hydrogen) atoms. The number of piperidine rings is 1. The fourth-order valence-corrected chi connectivity index (χ4v) is 4.31. The van der Waals surface area contributed by atoms with Crippen LogP contribution in [-0.2, 0) is 9.53 Å². The standard InChI is InChI=1S/C15H22F3NO2/c1-11(8-15(16,17)18)12(20)19-7-6-14(10-21-14)13(9-19)4-2-3-5-13/h11H,2-10H2,1H3/t11-,14?/m1/s1. The predicted octanol–water partition coefficient (Wildman–Crippen LogP) is 3.14. The summed E-state index contributed by atoms with van der Waals surface area (Å²) in [6.07, 6.45) is -0.212. The zero-order valence-corrected chi connectivity index (χ0v) is 12.3. The molecule has 3 nitrogen and oxygen atoms in total. The van der Waals surface area contributed by atoms with Crippen molar-refractivity contribution in [1.82, 2.24) is 4.90 Å². The summed E-state index contributed by atoms with van der Waals surface area (Å²) in [5.41, 5.74) is -0.0770. The first-order valence-electron chi connectivity index (χ1n) is 7.77. The molecule has 0 aromatic rings. The number of ether oxygens (including phenoxy) is 1. The van der Waals surface area contributed by atoms with Gasteiger partial charge in [-0.1, -0.05) is 19.8 Å². The molecule has 0 bridgehead atoms. The Balaban J connectivity index is 1.68. The maximum Gasteiger partial charge on any atom is 0.389 e. The second-order valence-corrected chi connectivity index (χ2v) is 7.00. The molecule has 1 saturated carbocycles. The largest absolute Gasteiger partial charge is 0.389 e. The Morgan fingerprint density at radius 1 is 1.29 bits per heavy atom. The Labute approximate surface area is 122 Å². The number of hydrogen-bond donors (Lipinski definition) is 0. The maximum absolute atomic E-state index is 12.5. The van der Waals surface area contributed by atoms with Crippen LogP contribution in [0.3, 0.4) is 0 Å². The van der Waals surface area contributed by atoms with Crippen molar-refractivity contribution in [3.05, 3.63) is 0 Å². The number of carbonyl (C=O) groups excluding carboxylic acids is 1. The molecule has 6 heteroatoms. The van der Waals surface area contributed by atoms with Gasteiger partial charge in [0, 0.05) is 24.4 Å². The zero-order valence-electron chi connectivity index (χ0n) is 12.3. The van der Waals surface area contributed by atoms with Crippen LogP contribution >= 0.6 is 0 Å². The van der Waals surface area contributed by atoms with Crippen LogP contribution in [0.1, 0.15) is 45.4 Å². The Morgan fingerprint density at radius 2 is 1.90 bits per heavy atom. The summed E-state index contributed by atoms with van der Waals surface area (Å²) >= 11 is 0. The number of rotatable bonds is 2. The molecule has 120 valence electrons. The number of fused-ring (bicyclic) bond motifs is 1. The highest BCUT2D eigenvalue weighted by atomic mass is 19.4. The fourth-order valence-electron chi connectivity index (χ4n) is 4.31. The highest BCUT2D eigenvalue weighted by Crippen LogP contribution is 2.58. The van der Waals surface area contributed by atoms with Gasteiger partial charge in [0.05, 0.1) is 13.0 Å². The number of nitrogens with zero attached hydrogens (tertiary/aromatic N) is 1. The summed E-state index contributed by atoms with van der Waals surface area (Å²) < 4.78 is 43.1. The van der Waals surface area contributed by atoms with Gasteiger partial charge in [0.15, 0.2) is 0 Å². The Kier molecular flexibility index (Phi) is 3.50. The van der Waals surface area contributed by atoms with Crippen molar-refractivity contribution in [3.8, 4) is 0 Å². The van der Waals surface area contributed by atoms with Gasteiger partial charge < -0.3 is 9.64 Å². The number of likely N-dealkylation sites (tertiary alicyclic amines) is 1. The van der Waals surface area contributed by atoms with Gasteiger partial charge in [0.1, 0.15) is 5.60 Å². The Morgan fingerprint density at radius 3 is 2.43 bits per heavy atom. The third-order valence-corrected chi connectivity index (χ3v) is 5.57. The minimum atomic E-state index is -4.28. The molecule has 2 saturated heterocycles. The van der Waals surface area contributed by atoms with Gasteiger partial charge in [-0.05, 0) is 19.3 Å². The van der Waals surface area contributed by atoms with Gasteiger partial charge in [0.2, 0.25) is 5.91 Å².